The number of rotatable bonds is 5. The first kappa shape index (κ1) is 25.7. The van der Waals surface area contributed by atoms with Gasteiger partial charge in [-0.15, -0.1) is 0 Å². The predicted octanol–water partition coefficient (Wildman–Crippen LogP) is 4.00. The van der Waals surface area contributed by atoms with Crippen LogP contribution in [0.3, 0.4) is 0 Å². The maximum Gasteiger partial charge on any atom is 0.530 e. The molecule has 4 aliphatic carbocycles. The SMILES string of the molecule is CC1C2(C)CC3CC(C2)CC1(OP(=O)(O)OC(=O)C(C(F)(F)F)(C(F)(F)F)S(=O)(=O)O)C3. The van der Waals surface area contributed by atoms with E-state index in [-0.39, 0.29) is 30.1 Å². The van der Waals surface area contributed by atoms with Gasteiger partial charge in [-0.1, -0.05) is 13.8 Å². The molecule has 0 aromatic heterocycles. The van der Waals surface area contributed by atoms with E-state index in [1.54, 1.807) is 6.92 Å². The number of carbonyl (C=O) groups is 1. The van der Waals surface area contributed by atoms with Crippen LogP contribution < -0.4 is 0 Å². The van der Waals surface area contributed by atoms with Gasteiger partial charge in [-0.05, 0) is 55.3 Å². The molecule has 4 saturated carbocycles. The number of hydrogen-bond donors (Lipinski definition) is 2. The first-order valence-electron chi connectivity index (χ1n) is 9.48. The second-order valence-corrected chi connectivity index (χ2v) is 12.2. The molecule has 4 atom stereocenters. The van der Waals surface area contributed by atoms with Crippen LogP contribution in [0, 0.1) is 23.2 Å². The third-order valence-electron chi connectivity index (χ3n) is 7.25. The van der Waals surface area contributed by atoms with Gasteiger partial charge in [-0.2, -0.15) is 34.8 Å². The molecule has 4 unspecified atom stereocenters. The highest BCUT2D eigenvalue weighted by molar-refractivity contribution is 7.88. The van der Waals surface area contributed by atoms with Crippen LogP contribution in [-0.2, 0) is 28.5 Å². The van der Waals surface area contributed by atoms with Crippen molar-refractivity contribution in [1.29, 1.82) is 0 Å². The molecule has 0 aliphatic heterocycles. The highest BCUT2D eigenvalue weighted by Crippen LogP contribution is 2.68. The smallest absolute Gasteiger partial charge is 0.369 e. The fraction of sp³-hybridized carbons (Fsp3) is 0.938. The monoisotopic (exact) mass is 518 g/mol. The van der Waals surface area contributed by atoms with Crippen molar-refractivity contribution in [3.05, 3.63) is 0 Å². The van der Waals surface area contributed by atoms with Gasteiger partial charge in [0.2, 0.25) is 0 Å². The summed E-state index contributed by atoms with van der Waals surface area (Å²) < 4.78 is 125. The average molecular weight is 518 g/mol. The lowest BCUT2D eigenvalue weighted by molar-refractivity contribution is -0.266. The van der Waals surface area contributed by atoms with Gasteiger partial charge in [0.05, 0.1) is 5.60 Å². The molecule has 4 fully saturated rings. The summed E-state index contributed by atoms with van der Waals surface area (Å²) in [7, 11) is -13.3. The van der Waals surface area contributed by atoms with Gasteiger partial charge < -0.3 is 4.52 Å². The van der Waals surface area contributed by atoms with Crippen molar-refractivity contribution in [1.82, 2.24) is 0 Å². The van der Waals surface area contributed by atoms with Crippen LogP contribution in [0.15, 0.2) is 0 Å². The third kappa shape index (κ3) is 3.68. The first-order chi connectivity index (χ1) is 14.1. The molecular formula is C16H21F6O8PS. The van der Waals surface area contributed by atoms with Crippen LogP contribution in [0.25, 0.3) is 0 Å². The lowest BCUT2D eigenvalue weighted by atomic mass is 9.44. The fourth-order valence-electron chi connectivity index (χ4n) is 6.12. The van der Waals surface area contributed by atoms with E-state index in [4.69, 9.17) is 9.08 Å². The topological polar surface area (TPSA) is 127 Å². The van der Waals surface area contributed by atoms with Crippen LogP contribution in [0.2, 0.25) is 0 Å². The highest BCUT2D eigenvalue weighted by atomic mass is 32.2. The van der Waals surface area contributed by atoms with Crippen molar-refractivity contribution in [3.63, 3.8) is 0 Å². The molecule has 0 spiro atoms. The van der Waals surface area contributed by atoms with E-state index in [0.717, 1.165) is 19.3 Å². The van der Waals surface area contributed by atoms with E-state index in [0.29, 0.717) is 0 Å². The maximum atomic E-state index is 13.3. The molecule has 186 valence electrons. The molecule has 4 bridgehead atoms. The highest BCUT2D eigenvalue weighted by Gasteiger charge is 2.85. The molecule has 8 nitrogen and oxygen atoms in total. The molecule has 2 N–H and O–H groups in total. The molecule has 0 amide bonds. The summed E-state index contributed by atoms with van der Waals surface area (Å²) in [4.78, 5) is 21.9. The zero-order valence-corrected chi connectivity index (χ0v) is 18.4. The van der Waals surface area contributed by atoms with Gasteiger partial charge >= 0.3 is 41.0 Å². The first-order valence-corrected chi connectivity index (χ1v) is 12.4. The Kier molecular flexibility index (Phi) is 5.68. The van der Waals surface area contributed by atoms with Crippen LogP contribution in [-0.4, -0.2) is 46.5 Å². The fourth-order valence-corrected chi connectivity index (χ4v) is 8.16. The van der Waals surface area contributed by atoms with E-state index >= 15 is 0 Å². The lowest BCUT2D eigenvalue weighted by Crippen LogP contribution is -2.67. The molecule has 0 heterocycles. The zero-order chi connectivity index (χ0) is 24.8. The van der Waals surface area contributed by atoms with Crippen molar-refractivity contribution >= 4 is 23.9 Å². The third-order valence-corrected chi connectivity index (χ3v) is 9.64. The molecule has 32 heavy (non-hydrogen) atoms. The van der Waals surface area contributed by atoms with E-state index in [2.05, 4.69) is 4.52 Å². The molecule has 0 saturated heterocycles. The summed E-state index contributed by atoms with van der Waals surface area (Å²) in [6, 6.07) is 0. The normalized spacial score (nSPS) is 37.2. The molecule has 0 aromatic carbocycles. The number of hydrogen-bond acceptors (Lipinski definition) is 6. The van der Waals surface area contributed by atoms with Gasteiger partial charge in [0.25, 0.3) is 0 Å². The van der Waals surface area contributed by atoms with Crippen LogP contribution in [0.5, 0.6) is 0 Å². The average Bonchev–Trinajstić information content (AvgIpc) is 2.45. The van der Waals surface area contributed by atoms with E-state index in [1.165, 1.54) is 0 Å². The minimum absolute atomic E-state index is 0.0293. The Labute approximate surface area is 179 Å². The van der Waals surface area contributed by atoms with Crippen LogP contribution in [0.1, 0.15) is 46.0 Å². The number of phosphoric ester groups is 1. The van der Waals surface area contributed by atoms with Crippen molar-refractivity contribution in [2.75, 3.05) is 0 Å². The Morgan fingerprint density at radius 1 is 1.03 bits per heavy atom. The second kappa shape index (κ2) is 7.06. The van der Waals surface area contributed by atoms with E-state index in [9.17, 15) is 49.0 Å². The Morgan fingerprint density at radius 2 is 1.47 bits per heavy atom. The summed E-state index contributed by atoms with van der Waals surface area (Å²) in [5.74, 6) is -4.13. The molecule has 0 radical (unpaired) electrons. The maximum absolute atomic E-state index is 13.3. The Bertz CT molecular complexity index is 933. The van der Waals surface area contributed by atoms with Crippen LogP contribution >= 0.6 is 7.82 Å². The predicted molar refractivity (Wildman–Crippen MR) is 93.5 cm³/mol. The summed E-state index contributed by atoms with van der Waals surface area (Å²) in [5, 5.41) is 0. The molecule has 0 aromatic rings. The lowest BCUT2D eigenvalue weighted by Gasteiger charge is -2.64. The van der Waals surface area contributed by atoms with Gasteiger partial charge in [-0.25, -0.2) is 9.36 Å². The summed E-state index contributed by atoms with van der Waals surface area (Å²) in [6.45, 7) is 3.55. The van der Waals surface area contributed by atoms with Crippen LogP contribution in [0.4, 0.5) is 26.3 Å². The molecule has 4 aliphatic rings. The Hall–Kier alpha value is -0.890. The number of alkyl halides is 6. The molecule has 4 rings (SSSR count). The summed E-state index contributed by atoms with van der Waals surface area (Å²) in [5.41, 5.74) is -1.83. The summed E-state index contributed by atoms with van der Waals surface area (Å²) in [6.07, 6.45) is -11.3. The molecule has 16 heteroatoms. The zero-order valence-electron chi connectivity index (χ0n) is 16.7. The van der Waals surface area contributed by atoms with Crippen molar-refractivity contribution in [2.24, 2.45) is 23.2 Å². The second-order valence-electron chi connectivity index (χ2n) is 9.32. The Morgan fingerprint density at radius 3 is 1.84 bits per heavy atom. The van der Waals surface area contributed by atoms with Crippen molar-refractivity contribution in [2.45, 2.75) is 68.7 Å². The minimum Gasteiger partial charge on any atom is -0.369 e. The minimum atomic E-state index is -7.30. The standard InChI is InChI=1S/C16H21F6O8PS/c1-8-12(2)4-9-3-10(5-12)7-13(8,6-9)30-31(24,25)29-11(23)14(15(17,18)19,16(20,21)22)32(26,27)28/h8-10H,3-7H2,1-2H3,(H,24,25)(H,26,27,28). The van der Waals surface area contributed by atoms with Gasteiger partial charge in [0.1, 0.15) is 0 Å². The van der Waals surface area contributed by atoms with E-state index < -0.39 is 52.5 Å². The van der Waals surface area contributed by atoms with Gasteiger partial charge in [0.15, 0.2) is 0 Å². The number of carbonyl (C=O) groups excluding carboxylic acids is 1. The summed E-state index contributed by atoms with van der Waals surface area (Å²) >= 11 is 0. The molecular weight excluding hydrogens is 497 g/mol. The number of phosphoric acid groups is 1. The van der Waals surface area contributed by atoms with Gasteiger partial charge in [-0.3, -0.25) is 14.0 Å². The van der Waals surface area contributed by atoms with Crippen molar-refractivity contribution in [3.8, 4) is 0 Å². The largest absolute Gasteiger partial charge is 0.530 e. The quantitative estimate of drug-likeness (QED) is 0.318. The van der Waals surface area contributed by atoms with Crippen molar-refractivity contribution < 1.29 is 62.6 Å². The van der Waals surface area contributed by atoms with E-state index in [1.807, 2.05) is 6.92 Å². The number of halogens is 6. The van der Waals surface area contributed by atoms with Gasteiger partial charge in [0, 0.05) is 0 Å². The Balaban J connectivity index is 1.97.